The van der Waals surface area contributed by atoms with E-state index in [4.69, 9.17) is 4.74 Å². The first-order chi connectivity index (χ1) is 12.0. The zero-order valence-electron chi connectivity index (χ0n) is 14.2. The van der Waals surface area contributed by atoms with Gasteiger partial charge in [0, 0.05) is 30.0 Å². The van der Waals surface area contributed by atoms with E-state index in [0.29, 0.717) is 16.8 Å². The van der Waals surface area contributed by atoms with Gasteiger partial charge < -0.3 is 10.1 Å². The van der Waals surface area contributed by atoms with Crippen LogP contribution < -0.4 is 5.32 Å². The van der Waals surface area contributed by atoms with Crippen LogP contribution in [-0.4, -0.2) is 34.2 Å². The minimum Gasteiger partial charge on any atom is -0.375 e. The second-order valence-electron chi connectivity index (χ2n) is 5.88. The van der Waals surface area contributed by atoms with Crippen molar-refractivity contribution in [1.29, 1.82) is 0 Å². The second-order valence-corrected chi connectivity index (χ2v) is 5.88. The Morgan fingerprint density at radius 3 is 2.84 bits per heavy atom. The normalized spacial score (nSPS) is 13.6. The number of hydrogen-bond donors (Lipinski definition) is 2. The molecule has 0 aliphatic carbocycles. The lowest BCUT2D eigenvalue weighted by atomic mass is 10.0. The van der Waals surface area contributed by atoms with Gasteiger partial charge in [-0.15, -0.1) is 0 Å². The average molecular weight is 342 g/mol. The molecule has 1 aromatic carbocycles. The van der Waals surface area contributed by atoms with Gasteiger partial charge >= 0.3 is 0 Å². The Morgan fingerprint density at radius 1 is 1.36 bits per heavy atom. The van der Waals surface area contributed by atoms with E-state index in [1.54, 1.807) is 31.2 Å². The number of carbonyl (C=O) groups is 1. The number of H-pyrrole nitrogens is 1. The van der Waals surface area contributed by atoms with Crippen LogP contribution in [0.25, 0.3) is 11.0 Å². The van der Waals surface area contributed by atoms with Crippen molar-refractivity contribution in [2.24, 2.45) is 0 Å². The number of methoxy groups -OCH3 is 1. The molecule has 0 aliphatic heterocycles. The molecular formula is C18H19FN4O2. The van der Waals surface area contributed by atoms with Gasteiger partial charge in [0.2, 0.25) is 0 Å². The predicted octanol–water partition coefficient (Wildman–Crippen LogP) is 2.91. The fourth-order valence-electron chi connectivity index (χ4n) is 2.82. The fourth-order valence-corrected chi connectivity index (χ4v) is 2.82. The quantitative estimate of drug-likeness (QED) is 0.747. The van der Waals surface area contributed by atoms with E-state index < -0.39 is 12.1 Å². The van der Waals surface area contributed by atoms with Crippen LogP contribution >= 0.6 is 0 Å². The minimum atomic E-state index is -0.600. The van der Waals surface area contributed by atoms with Crippen molar-refractivity contribution in [3.8, 4) is 0 Å². The number of fused-ring (bicyclic) bond motifs is 1. The van der Waals surface area contributed by atoms with Gasteiger partial charge in [-0.2, -0.15) is 5.10 Å². The maximum absolute atomic E-state index is 14.0. The maximum atomic E-state index is 14.0. The fraction of sp³-hybridized carbons (Fsp3) is 0.278. The van der Waals surface area contributed by atoms with E-state index in [2.05, 4.69) is 20.5 Å². The number of amides is 1. The van der Waals surface area contributed by atoms with Gasteiger partial charge in [-0.1, -0.05) is 18.2 Å². The summed E-state index contributed by atoms with van der Waals surface area (Å²) in [5, 5.41) is 10.5. The number of pyridine rings is 1. The molecule has 3 aromatic rings. The molecule has 25 heavy (non-hydrogen) atoms. The van der Waals surface area contributed by atoms with Crippen molar-refractivity contribution >= 4 is 16.9 Å². The van der Waals surface area contributed by atoms with E-state index in [1.165, 1.54) is 19.4 Å². The monoisotopic (exact) mass is 342 g/mol. The summed E-state index contributed by atoms with van der Waals surface area (Å²) in [5.74, 6) is -0.673. The third-order valence-corrected chi connectivity index (χ3v) is 4.14. The van der Waals surface area contributed by atoms with Crippen LogP contribution in [0, 0.1) is 12.7 Å². The van der Waals surface area contributed by atoms with Gasteiger partial charge in [-0.25, -0.2) is 9.37 Å². The van der Waals surface area contributed by atoms with Crippen molar-refractivity contribution in [2.45, 2.75) is 26.0 Å². The molecule has 0 bridgehead atoms. The van der Waals surface area contributed by atoms with E-state index in [-0.39, 0.29) is 11.7 Å². The molecule has 2 aromatic heterocycles. The number of hydrogen-bond acceptors (Lipinski definition) is 4. The first-order valence-electron chi connectivity index (χ1n) is 7.90. The summed E-state index contributed by atoms with van der Waals surface area (Å²) >= 11 is 0. The van der Waals surface area contributed by atoms with Gasteiger partial charge in [0.25, 0.3) is 5.91 Å². The lowest BCUT2D eigenvalue weighted by Crippen LogP contribution is -2.38. The summed E-state index contributed by atoms with van der Waals surface area (Å²) in [5.41, 5.74) is 2.21. The summed E-state index contributed by atoms with van der Waals surface area (Å²) in [6, 6.07) is 7.66. The van der Waals surface area contributed by atoms with Crippen molar-refractivity contribution in [2.75, 3.05) is 7.11 Å². The van der Waals surface area contributed by atoms with Gasteiger partial charge in [-0.05, 0) is 26.0 Å². The van der Waals surface area contributed by atoms with Crippen LogP contribution in [0.1, 0.15) is 34.6 Å². The van der Waals surface area contributed by atoms with Crippen LogP contribution in [0.2, 0.25) is 0 Å². The van der Waals surface area contributed by atoms with Crippen LogP contribution in [0.4, 0.5) is 4.39 Å². The number of aryl methyl sites for hydroxylation is 1. The standard InChI is InChI=1S/C18H19FN4O2/c1-10-14-8-12(9-20-17(14)23-22-10)18(24)21-11(2)16(25-3)13-6-4-5-7-15(13)19/h4-9,11,16H,1-3H3,(H,21,24)(H,20,22,23)/t11-,16+/m0/s1. The average Bonchev–Trinajstić information content (AvgIpc) is 2.98. The zero-order valence-corrected chi connectivity index (χ0v) is 14.2. The molecule has 2 N–H and O–H groups in total. The highest BCUT2D eigenvalue weighted by molar-refractivity contribution is 5.97. The van der Waals surface area contributed by atoms with Gasteiger partial charge in [0.1, 0.15) is 11.9 Å². The molecule has 0 aliphatic rings. The first kappa shape index (κ1) is 17.0. The van der Waals surface area contributed by atoms with E-state index in [1.807, 2.05) is 6.92 Å². The van der Waals surface area contributed by atoms with Gasteiger partial charge in [0.15, 0.2) is 5.65 Å². The van der Waals surface area contributed by atoms with E-state index in [9.17, 15) is 9.18 Å². The number of carbonyl (C=O) groups excluding carboxylic acids is 1. The lowest BCUT2D eigenvalue weighted by Gasteiger charge is -2.24. The third-order valence-electron chi connectivity index (χ3n) is 4.14. The summed E-state index contributed by atoms with van der Waals surface area (Å²) in [6.07, 6.45) is 0.868. The number of halogens is 1. The van der Waals surface area contributed by atoms with E-state index in [0.717, 1.165) is 11.1 Å². The van der Waals surface area contributed by atoms with Crippen molar-refractivity contribution in [3.63, 3.8) is 0 Å². The molecule has 3 rings (SSSR count). The minimum absolute atomic E-state index is 0.305. The number of aromatic amines is 1. The molecule has 6 nitrogen and oxygen atoms in total. The van der Waals surface area contributed by atoms with Crippen LogP contribution in [0.5, 0.6) is 0 Å². The van der Waals surface area contributed by atoms with Crippen LogP contribution in [-0.2, 0) is 4.74 Å². The van der Waals surface area contributed by atoms with Gasteiger partial charge in [0.05, 0.1) is 11.6 Å². The Labute approximate surface area is 144 Å². The summed E-state index contributed by atoms with van der Waals surface area (Å²) in [7, 11) is 1.49. The third kappa shape index (κ3) is 3.36. The Kier molecular flexibility index (Phi) is 4.76. The number of nitrogens with zero attached hydrogens (tertiary/aromatic N) is 2. The van der Waals surface area contributed by atoms with Crippen molar-refractivity contribution in [1.82, 2.24) is 20.5 Å². The highest BCUT2D eigenvalue weighted by Gasteiger charge is 2.24. The van der Waals surface area contributed by atoms with Crippen molar-refractivity contribution in [3.05, 3.63) is 59.2 Å². The second kappa shape index (κ2) is 6.98. The molecule has 2 atom stereocenters. The molecule has 0 spiro atoms. The Balaban J connectivity index is 1.80. The number of ether oxygens (including phenoxy) is 1. The number of rotatable bonds is 5. The number of nitrogens with one attached hydrogen (secondary N) is 2. The lowest BCUT2D eigenvalue weighted by molar-refractivity contribution is 0.0625. The molecule has 0 fully saturated rings. The molecular weight excluding hydrogens is 323 g/mol. The molecule has 130 valence electrons. The summed E-state index contributed by atoms with van der Waals surface area (Å²) in [4.78, 5) is 16.7. The molecule has 0 saturated carbocycles. The summed E-state index contributed by atoms with van der Waals surface area (Å²) < 4.78 is 19.4. The molecule has 0 radical (unpaired) electrons. The Hall–Kier alpha value is -2.80. The molecule has 0 saturated heterocycles. The number of benzene rings is 1. The SMILES string of the molecule is CO[C@@H](c1ccccc1F)[C@H](C)NC(=O)c1cnc2n[nH]c(C)c2c1. The zero-order chi connectivity index (χ0) is 18.0. The van der Waals surface area contributed by atoms with Crippen molar-refractivity contribution < 1.29 is 13.9 Å². The van der Waals surface area contributed by atoms with Crippen LogP contribution in [0.15, 0.2) is 36.5 Å². The van der Waals surface area contributed by atoms with E-state index >= 15 is 0 Å². The largest absolute Gasteiger partial charge is 0.375 e. The van der Waals surface area contributed by atoms with Crippen LogP contribution in [0.3, 0.4) is 0 Å². The first-order valence-corrected chi connectivity index (χ1v) is 7.90. The molecule has 1 amide bonds. The summed E-state index contributed by atoms with van der Waals surface area (Å²) in [6.45, 7) is 3.63. The highest BCUT2D eigenvalue weighted by atomic mass is 19.1. The Morgan fingerprint density at radius 2 is 2.12 bits per heavy atom. The molecule has 0 unspecified atom stereocenters. The predicted molar refractivity (Wildman–Crippen MR) is 91.7 cm³/mol. The smallest absolute Gasteiger partial charge is 0.253 e. The Bertz CT molecular complexity index is 909. The maximum Gasteiger partial charge on any atom is 0.253 e. The molecule has 7 heteroatoms. The topological polar surface area (TPSA) is 79.9 Å². The van der Waals surface area contributed by atoms with Gasteiger partial charge in [-0.3, -0.25) is 9.89 Å². The molecule has 2 heterocycles. The highest BCUT2D eigenvalue weighted by Crippen LogP contribution is 2.23. The number of aromatic nitrogens is 3.